The highest BCUT2D eigenvalue weighted by Gasteiger charge is 2.38. The molecule has 0 N–H and O–H groups in total. The van der Waals surface area contributed by atoms with E-state index < -0.39 is 12.1 Å². The van der Waals surface area contributed by atoms with Crippen molar-refractivity contribution in [1.29, 1.82) is 0 Å². The summed E-state index contributed by atoms with van der Waals surface area (Å²) in [5.41, 5.74) is 1.99. The number of amides is 2. The van der Waals surface area contributed by atoms with E-state index in [1.807, 2.05) is 53.4 Å². The first-order valence-electron chi connectivity index (χ1n) is 11.8. The highest BCUT2D eigenvalue weighted by Crippen LogP contribution is 2.26. The number of hydrogen-bond donors (Lipinski definition) is 0. The lowest BCUT2D eigenvalue weighted by Gasteiger charge is -2.37. The Hall–Kier alpha value is -3.26. The van der Waals surface area contributed by atoms with Gasteiger partial charge in [-0.15, -0.1) is 0 Å². The molecule has 2 aromatic rings. The first kappa shape index (κ1) is 23.9. The van der Waals surface area contributed by atoms with Gasteiger partial charge in [-0.25, -0.2) is 4.79 Å². The predicted octanol–water partition coefficient (Wildman–Crippen LogP) is 3.15. The van der Waals surface area contributed by atoms with E-state index in [0.717, 1.165) is 48.7 Å². The maximum atomic E-state index is 13.3. The van der Waals surface area contributed by atoms with E-state index in [-0.39, 0.29) is 12.5 Å². The second-order valence-corrected chi connectivity index (χ2v) is 8.67. The Morgan fingerprint density at radius 3 is 2.41 bits per heavy atom. The largest absolute Gasteiger partial charge is 0.497 e. The van der Waals surface area contributed by atoms with Crippen LogP contribution in [0.5, 0.6) is 11.5 Å². The summed E-state index contributed by atoms with van der Waals surface area (Å²) in [7, 11) is 3.32. The molecule has 0 aromatic heterocycles. The molecule has 0 bridgehead atoms. The summed E-state index contributed by atoms with van der Waals surface area (Å²) in [5.74, 6) is 1.65. The van der Waals surface area contributed by atoms with Crippen LogP contribution in [-0.4, -0.2) is 79.7 Å². The number of benzene rings is 2. The van der Waals surface area contributed by atoms with Crippen LogP contribution < -0.4 is 9.47 Å². The SMILES string of the molecule is COc1ccc(OC)c(CN2CCN(C(=O)[C@@H]3CCCN3C(=O)OCc3ccccc3)CC2)c1. The molecular weight excluding hydrogens is 434 g/mol. The summed E-state index contributed by atoms with van der Waals surface area (Å²) in [6.07, 6.45) is 1.08. The Balaban J connectivity index is 1.30. The number of hydrogen-bond acceptors (Lipinski definition) is 6. The van der Waals surface area contributed by atoms with Crippen LogP contribution in [-0.2, 0) is 22.7 Å². The van der Waals surface area contributed by atoms with Gasteiger partial charge in [0.2, 0.25) is 5.91 Å². The molecule has 0 unspecified atom stereocenters. The van der Waals surface area contributed by atoms with Crippen LogP contribution >= 0.6 is 0 Å². The topological polar surface area (TPSA) is 71.6 Å². The predicted molar refractivity (Wildman–Crippen MR) is 128 cm³/mol. The number of methoxy groups -OCH3 is 2. The highest BCUT2D eigenvalue weighted by atomic mass is 16.6. The number of carbonyl (C=O) groups excluding carboxylic acids is 2. The molecule has 0 radical (unpaired) electrons. The van der Waals surface area contributed by atoms with E-state index in [2.05, 4.69) is 4.90 Å². The normalized spacial score (nSPS) is 18.6. The highest BCUT2D eigenvalue weighted by molar-refractivity contribution is 5.86. The van der Waals surface area contributed by atoms with Crippen LogP contribution in [0.25, 0.3) is 0 Å². The standard InChI is InChI=1S/C26H33N3O5/c1-32-22-10-11-24(33-2)21(17-22)18-27-13-15-28(16-14-27)25(30)23-9-6-12-29(23)26(31)34-19-20-7-4-3-5-8-20/h3-5,7-8,10-11,17,23H,6,9,12-16,18-19H2,1-2H3/t23-/m0/s1. The molecule has 2 fully saturated rings. The van der Waals surface area contributed by atoms with Crippen LogP contribution in [0, 0.1) is 0 Å². The summed E-state index contributed by atoms with van der Waals surface area (Å²) >= 11 is 0. The minimum Gasteiger partial charge on any atom is -0.497 e. The van der Waals surface area contributed by atoms with Crippen molar-refractivity contribution < 1.29 is 23.8 Å². The Morgan fingerprint density at radius 2 is 1.71 bits per heavy atom. The third-order valence-corrected chi connectivity index (χ3v) is 6.54. The quantitative estimate of drug-likeness (QED) is 0.623. The summed E-state index contributed by atoms with van der Waals surface area (Å²) in [5, 5.41) is 0. The molecule has 2 saturated heterocycles. The van der Waals surface area contributed by atoms with E-state index in [1.54, 1.807) is 19.1 Å². The van der Waals surface area contributed by atoms with Crippen LogP contribution in [0.2, 0.25) is 0 Å². The molecule has 2 heterocycles. The van der Waals surface area contributed by atoms with Gasteiger partial charge in [-0.2, -0.15) is 0 Å². The fourth-order valence-electron chi connectivity index (χ4n) is 4.63. The molecule has 0 aliphatic carbocycles. The number of piperazine rings is 1. The van der Waals surface area contributed by atoms with Crippen LogP contribution in [0.15, 0.2) is 48.5 Å². The minimum absolute atomic E-state index is 0.0211. The molecule has 4 rings (SSSR count). The Labute approximate surface area is 201 Å². The lowest BCUT2D eigenvalue weighted by atomic mass is 10.1. The van der Waals surface area contributed by atoms with Gasteiger partial charge in [-0.1, -0.05) is 30.3 Å². The number of rotatable bonds is 7. The molecule has 2 aliphatic heterocycles. The van der Waals surface area contributed by atoms with Gasteiger partial charge in [-0.05, 0) is 36.6 Å². The van der Waals surface area contributed by atoms with Crippen molar-refractivity contribution >= 4 is 12.0 Å². The van der Waals surface area contributed by atoms with Crippen molar-refractivity contribution in [1.82, 2.24) is 14.7 Å². The molecule has 2 aromatic carbocycles. The molecule has 0 saturated carbocycles. The second kappa shape index (κ2) is 11.2. The fraction of sp³-hybridized carbons (Fsp3) is 0.462. The Kier molecular flexibility index (Phi) is 7.90. The molecular formula is C26H33N3O5. The van der Waals surface area contributed by atoms with Crippen LogP contribution in [0.3, 0.4) is 0 Å². The van der Waals surface area contributed by atoms with Gasteiger partial charge in [0.1, 0.15) is 24.1 Å². The van der Waals surface area contributed by atoms with E-state index in [4.69, 9.17) is 14.2 Å². The van der Waals surface area contributed by atoms with Crippen molar-refractivity contribution in [2.45, 2.75) is 32.0 Å². The van der Waals surface area contributed by atoms with E-state index in [9.17, 15) is 9.59 Å². The maximum absolute atomic E-state index is 13.3. The summed E-state index contributed by atoms with van der Waals surface area (Å²) in [6.45, 7) is 4.28. The van der Waals surface area contributed by atoms with Crippen molar-refractivity contribution in [2.24, 2.45) is 0 Å². The van der Waals surface area contributed by atoms with Gasteiger partial charge >= 0.3 is 6.09 Å². The first-order valence-corrected chi connectivity index (χ1v) is 11.8. The van der Waals surface area contributed by atoms with Gasteiger partial charge in [0.25, 0.3) is 0 Å². The summed E-state index contributed by atoms with van der Waals surface area (Å²) in [4.78, 5) is 31.7. The zero-order valence-electron chi connectivity index (χ0n) is 19.9. The zero-order chi connectivity index (χ0) is 23.9. The third-order valence-electron chi connectivity index (χ3n) is 6.54. The van der Waals surface area contributed by atoms with E-state index >= 15 is 0 Å². The summed E-state index contributed by atoms with van der Waals surface area (Å²) in [6, 6.07) is 14.9. The third kappa shape index (κ3) is 5.62. The monoisotopic (exact) mass is 467 g/mol. The van der Waals surface area contributed by atoms with E-state index in [0.29, 0.717) is 26.1 Å². The zero-order valence-corrected chi connectivity index (χ0v) is 19.9. The van der Waals surface area contributed by atoms with Crippen molar-refractivity contribution in [3.8, 4) is 11.5 Å². The van der Waals surface area contributed by atoms with Gasteiger partial charge in [0.05, 0.1) is 14.2 Å². The van der Waals surface area contributed by atoms with Crippen molar-refractivity contribution in [2.75, 3.05) is 46.9 Å². The smallest absolute Gasteiger partial charge is 0.410 e. The average molecular weight is 468 g/mol. The lowest BCUT2D eigenvalue weighted by molar-refractivity contribution is -0.137. The molecule has 2 aliphatic rings. The number of likely N-dealkylation sites (tertiary alicyclic amines) is 1. The Morgan fingerprint density at radius 1 is 0.941 bits per heavy atom. The maximum Gasteiger partial charge on any atom is 0.410 e. The van der Waals surface area contributed by atoms with Crippen molar-refractivity contribution in [3.63, 3.8) is 0 Å². The lowest BCUT2D eigenvalue weighted by Crippen LogP contribution is -2.54. The molecule has 0 spiro atoms. The number of nitrogens with zero attached hydrogens (tertiary/aromatic N) is 3. The van der Waals surface area contributed by atoms with Gasteiger partial charge in [0.15, 0.2) is 0 Å². The second-order valence-electron chi connectivity index (χ2n) is 8.67. The van der Waals surface area contributed by atoms with Crippen LogP contribution in [0.4, 0.5) is 4.79 Å². The molecule has 34 heavy (non-hydrogen) atoms. The fourth-order valence-corrected chi connectivity index (χ4v) is 4.63. The molecule has 8 nitrogen and oxygen atoms in total. The Bertz CT molecular complexity index is 976. The average Bonchev–Trinajstić information content (AvgIpc) is 3.38. The minimum atomic E-state index is -0.437. The van der Waals surface area contributed by atoms with Gasteiger partial charge < -0.3 is 19.1 Å². The van der Waals surface area contributed by atoms with E-state index in [1.165, 1.54) is 0 Å². The number of carbonyl (C=O) groups is 2. The number of ether oxygens (including phenoxy) is 3. The van der Waals surface area contributed by atoms with Crippen molar-refractivity contribution in [3.05, 3.63) is 59.7 Å². The molecule has 8 heteroatoms. The molecule has 2 amide bonds. The van der Waals surface area contributed by atoms with Gasteiger partial charge in [0, 0.05) is 44.8 Å². The first-order chi connectivity index (χ1) is 16.6. The van der Waals surface area contributed by atoms with Gasteiger partial charge in [-0.3, -0.25) is 14.6 Å². The molecule has 182 valence electrons. The molecule has 1 atom stereocenters. The summed E-state index contributed by atoms with van der Waals surface area (Å²) < 4.78 is 16.3. The van der Waals surface area contributed by atoms with Crippen LogP contribution in [0.1, 0.15) is 24.0 Å².